The van der Waals surface area contributed by atoms with Crippen molar-refractivity contribution in [1.29, 1.82) is 0 Å². The van der Waals surface area contributed by atoms with Gasteiger partial charge in [0.15, 0.2) is 5.65 Å². The largest absolute Gasteiger partial charge is 0.416 e. The Labute approximate surface area is 244 Å². The van der Waals surface area contributed by atoms with Crippen molar-refractivity contribution in [2.24, 2.45) is 0 Å². The van der Waals surface area contributed by atoms with Gasteiger partial charge in [-0.3, -0.25) is 14.3 Å². The highest BCUT2D eigenvalue weighted by Gasteiger charge is 2.31. The van der Waals surface area contributed by atoms with Crippen LogP contribution in [0, 0.1) is 13.8 Å². The standard InChI is InChI=1S/C30H27F3N8O2/c1-17-6-7-20(39-29(42)22-13-19(9-11-34-22)30(31,32)33)14-21(17)40-27-24(18(2)8-10-35-27)25-26-28(37-15-36-25)41(16-38-26)23-5-3-4-12-43-23/h6-11,13-16,23H,3-5,12H2,1-2H3,(H,35,40)(H,39,42). The summed E-state index contributed by atoms with van der Waals surface area (Å²) >= 11 is 0. The number of halogens is 3. The van der Waals surface area contributed by atoms with Crippen molar-refractivity contribution in [2.45, 2.75) is 45.5 Å². The van der Waals surface area contributed by atoms with E-state index in [2.05, 4.69) is 35.6 Å². The molecule has 5 heterocycles. The maximum atomic E-state index is 13.1. The summed E-state index contributed by atoms with van der Waals surface area (Å²) in [5, 5.41) is 5.98. The Morgan fingerprint density at radius 1 is 0.977 bits per heavy atom. The monoisotopic (exact) mass is 588 g/mol. The Morgan fingerprint density at radius 2 is 1.81 bits per heavy atom. The Morgan fingerprint density at radius 3 is 2.60 bits per heavy atom. The summed E-state index contributed by atoms with van der Waals surface area (Å²) in [5.74, 6) is -0.259. The molecule has 0 bridgehead atoms. The molecule has 0 aliphatic carbocycles. The van der Waals surface area contributed by atoms with Crippen molar-refractivity contribution in [3.8, 4) is 11.3 Å². The summed E-state index contributed by atoms with van der Waals surface area (Å²) in [5.41, 5.74) is 4.04. The molecule has 1 aromatic carbocycles. The average molecular weight is 589 g/mol. The third kappa shape index (κ3) is 5.75. The van der Waals surface area contributed by atoms with Gasteiger partial charge in [-0.2, -0.15) is 13.2 Å². The number of amides is 1. The van der Waals surface area contributed by atoms with Gasteiger partial charge in [0.25, 0.3) is 5.91 Å². The minimum atomic E-state index is -4.59. The van der Waals surface area contributed by atoms with Gasteiger partial charge in [0.05, 0.1) is 11.9 Å². The summed E-state index contributed by atoms with van der Waals surface area (Å²) in [4.78, 5) is 34.9. The number of fused-ring (bicyclic) bond motifs is 1. The molecular formula is C30H27F3N8O2. The van der Waals surface area contributed by atoms with E-state index < -0.39 is 17.6 Å². The number of alkyl halides is 3. The van der Waals surface area contributed by atoms with Crippen LogP contribution in [0.3, 0.4) is 0 Å². The molecule has 10 nitrogen and oxygen atoms in total. The molecular weight excluding hydrogens is 561 g/mol. The van der Waals surface area contributed by atoms with Crippen LogP contribution in [0.1, 0.15) is 52.7 Å². The molecule has 1 unspecified atom stereocenters. The van der Waals surface area contributed by atoms with Gasteiger partial charge in [-0.05, 0) is 74.6 Å². The van der Waals surface area contributed by atoms with E-state index in [1.54, 1.807) is 30.7 Å². The molecule has 6 rings (SSSR count). The van der Waals surface area contributed by atoms with E-state index >= 15 is 0 Å². The van der Waals surface area contributed by atoms with Crippen LogP contribution >= 0.6 is 0 Å². The Balaban J connectivity index is 1.31. The van der Waals surface area contributed by atoms with Crippen molar-refractivity contribution in [3.63, 3.8) is 0 Å². The van der Waals surface area contributed by atoms with Crippen LogP contribution in [0.5, 0.6) is 0 Å². The molecule has 220 valence electrons. The van der Waals surface area contributed by atoms with Gasteiger partial charge in [0.2, 0.25) is 0 Å². The molecule has 1 aliphatic heterocycles. The molecule has 2 N–H and O–H groups in total. The number of pyridine rings is 2. The minimum Gasteiger partial charge on any atom is -0.358 e. The molecule has 1 atom stereocenters. The van der Waals surface area contributed by atoms with E-state index in [0.29, 0.717) is 40.7 Å². The maximum absolute atomic E-state index is 13.1. The molecule has 13 heteroatoms. The smallest absolute Gasteiger partial charge is 0.358 e. The number of anilines is 3. The predicted octanol–water partition coefficient (Wildman–Crippen LogP) is 6.61. The number of aromatic nitrogens is 6. The van der Waals surface area contributed by atoms with Crippen LogP contribution in [0.25, 0.3) is 22.4 Å². The first-order valence-corrected chi connectivity index (χ1v) is 13.7. The first kappa shape index (κ1) is 28.2. The highest BCUT2D eigenvalue weighted by atomic mass is 19.4. The zero-order chi connectivity index (χ0) is 30.1. The van der Waals surface area contributed by atoms with Crippen LogP contribution in [0.15, 0.2) is 61.4 Å². The Hall–Kier alpha value is -4.91. The molecule has 0 spiro atoms. The fraction of sp³-hybridized carbons (Fsp3) is 0.267. The van der Waals surface area contributed by atoms with E-state index in [1.165, 1.54) is 6.33 Å². The van der Waals surface area contributed by atoms with Gasteiger partial charge in [0, 0.05) is 35.9 Å². The minimum absolute atomic E-state index is 0.138. The fourth-order valence-electron chi connectivity index (χ4n) is 5.03. The van der Waals surface area contributed by atoms with Gasteiger partial charge < -0.3 is 15.4 Å². The average Bonchev–Trinajstić information content (AvgIpc) is 3.44. The van der Waals surface area contributed by atoms with Crippen molar-refractivity contribution in [2.75, 3.05) is 17.2 Å². The van der Waals surface area contributed by atoms with Crippen LogP contribution in [-0.4, -0.2) is 42.0 Å². The van der Waals surface area contributed by atoms with Crippen LogP contribution in [-0.2, 0) is 10.9 Å². The van der Waals surface area contributed by atoms with Crippen LogP contribution in [0.4, 0.5) is 30.4 Å². The Kier molecular flexibility index (Phi) is 7.48. The summed E-state index contributed by atoms with van der Waals surface area (Å²) < 4.78 is 47.3. The van der Waals surface area contributed by atoms with E-state index in [4.69, 9.17) is 4.74 Å². The normalized spacial score (nSPS) is 15.4. The van der Waals surface area contributed by atoms with Gasteiger partial charge in [-0.15, -0.1) is 0 Å². The number of rotatable bonds is 6. The number of nitrogens with one attached hydrogen (secondary N) is 2. The quantitative estimate of drug-likeness (QED) is 0.227. The number of carbonyl (C=O) groups excluding carboxylic acids is 1. The molecule has 1 aliphatic rings. The zero-order valence-electron chi connectivity index (χ0n) is 23.3. The van der Waals surface area contributed by atoms with E-state index in [-0.39, 0.29) is 11.9 Å². The Bertz CT molecular complexity index is 1820. The predicted molar refractivity (Wildman–Crippen MR) is 154 cm³/mol. The second-order valence-electron chi connectivity index (χ2n) is 10.3. The van der Waals surface area contributed by atoms with Gasteiger partial charge in [-0.1, -0.05) is 6.07 Å². The molecule has 1 fully saturated rings. The molecule has 0 radical (unpaired) electrons. The van der Waals surface area contributed by atoms with E-state index in [9.17, 15) is 18.0 Å². The second-order valence-corrected chi connectivity index (χ2v) is 10.3. The molecule has 43 heavy (non-hydrogen) atoms. The fourth-order valence-corrected chi connectivity index (χ4v) is 5.03. The summed E-state index contributed by atoms with van der Waals surface area (Å²) in [6.45, 7) is 4.52. The van der Waals surface area contributed by atoms with Crippen LogP contribution in [0.2, 0.25) is 0 Å². The SMILES string of the molecule is Cc1ccc(NC(=O)c2cc(C(F)(F)F)ccn2)cc1Nc1nccc(C)c1-c1ncnc2c1ncn2C1CCCCO1. The van der Waals surface area contributed by atoms with Crippen LogP contribution < -0.4 is 10.6 Å². The molecule has 4 aromatic heterocycles. The number of imidazole rings is 1. The lowest BCUT2D eigenvalue weighted by Gasteiger charge is -2.23. The first-order chi connectivity index (χ1) is 20.7. The lowest BCUT2D eigenvalue weighted by atomic mass is 10.1. The summed E-state index contributed by atoms with van der Waals surface area (Å²) in [7, 11) is 0. The molecule has 1 amide bonds. The van der Waals surface area contributed by atoms with Crippen molar-refractivity contribution in [1.82, 2.24) is 29.5 Å². The van der Waals surface area contributed by atoms with Gasteiger partial charge in [0.1, 0.15) is 35.3 Å². The summed E-state index contributed by atoms with van der Waals surface area (Å²) in [6.07, 6.45) is 4.10. The van der Waals surface area contributed by atoms with E-state index in [0.717, 1.165) is 54.3 Å². The van der Waals surface area contributed by atoms with E-state index in [1.807, 2.05) is 24.5 Å². The van der Waals surface area contributed by atoms with Gasteiger partial charge >= 0.3 is 6.18 Å². The summed E-state index contributed by atoms with van der Waals surface area (Å²) in [6, 6.07) is 8.53. The molecule has 1 saturated heterocycles. The number of aryl methyl sites for hydroxylation is 2. The topological polar surface area (TPSA) is 120 Å². The lowest BCUT2D eigenvalue weighted by Crippen LogP contribution is -2.17. The highest BCUT2D eigenvalue weighted by Crippen LogP contribution is 2.36. The zero-order valence-corrected chi connectivity index (χ0v) is 23.3. The molecule has 0 saturated carbocycles. The number of hydrogen-bond donors (Lipinski definition) is 2. The van der Waals surface area contributed by atoms with Crippen molar-refractivity contribution in [3.05, 3.63) is 83.8 Å². The van der Waals surface area contributed by atoms with Gasteiger partial charge in [-0.25, -0.2) is 19.9 Å². The number of nitrogens with zero attached hydrogens (tertiary/aromatic N) is 6. The first-order valence-electron chi connectivity index (χ1n) is 13.7. The highest BCUT2D eigenvalue weighted by molar-refractivity contribution is 6.03. The molecule has 5 aromatic rings. The lowest BCUT2D eigenvalue weighted by molar-refractivity contribution is -0.137. The number of benzene rings is 1. The van der Waals surface area contributed by atoms with Crippen molar-refractivity contribution < 1.29 is 22.7 Å². The third-order valence-electron chi connectivity index (χ3n) is 7.29. The third-order valence-corrected chi connectivity index (χ3v) is 7.29. The maximum Gasteiger partial charge on any atom is 0.416 e. The number of carbonyl (C=O) groups is 1. The number of hydrogen-bond acceptors (Lipinski definition) is 8. The second kappa shape index (κ2) is 11.4. The van der Waals surface area contributed by atoms with Crippen molar-refractivity contribution >= 4 is 34.3 Å². The number of ether oxygens (including phenoxy) is 1.